The van der Waals surface area contributed by atoms with Crippen molar-refractivity contribution in [3.05, 3.63) is 0 Å². The SMILES string of the molecule is CC(=O)OC(C)C.CC(C)OC=O.CCC(C)=O.CCCOC=O.CCOC(C)=O.CCOC=O.COC(C)=O. The predicted octanol–water partition coefficient (Wildman–Crippen LogP) is 4.01. The van der Waals surface area contributed by atoms with Gasteiger partial charge in [-0.3, -0.25) is 28.8 Å². The number of hydrogen-bond donors (Lipinski definition) is 0. The molecule has 0 aromatic heterocycles. The molecule has 40 heavy (non-hydrogen) atoms. The summed E-state index contributed by atoms with van der Waals surface area (Å²) >= 11 is 0. The second kappa shape index (κ2) is 52.0. The van der Waals surface area contributed by atoms with Crippen molar-refractivity contribution in [3.8, 4) is 0 Å². The van der Waals surface area contributed by atoms with E-state index in [2.05, 4.69) is 28.4 Å². The number of ketones is 1. The molecule has 0 unspecified atom stereocenters. The van der Waals surface area contributed by atoms with E-state index in [0.29, 0.717) is 45.7 Å². The van der Waals surface area contributed by atoms with E-state index < -0.39 is 0 Å². The molecule has 0 saturated heterocycles. The zero-order valence-corrected chi connectivity index (χ0v) is 26.7. The maximum atomic E-state index is 10.0. The van der Waals surface area contributed by atoms with Gasteiger partial charge in [-0.1, -0.05) is 13.8 Å². The molecule has 0 amide bonds. The van der Waals surface area contributed by atoms with E-state index in [1.807, 2.05) is 27.7 Å². The van der Waals surface area contributed by atoms with Gasteiger partial charge >= 0.3 is 17.9 Å². The molecule has 13 nitrogen and oxygen atoms in total. The van der Waals surface area contributed by atoms with Crippen LogP contribution in [0, 0.1) is 0 Å². The van der Waals surface area contributed by atoms with E-state index >= 15 is 0 Å². The van der Waals surface area contributed by atoms with Gasteiger partial charge in [-0.25, -0.2) is 0 Å². The molecule has 13 heteroatoms. The molecular formula is C27H54O13. The zero-order valence-electron chi connectivity index (χ0n) is 26.7. The Bertz CT molecular complexity index is 561. The number of carbonyl (C=O) groups excluding carboxylic acids is 7. The monoisotopic (exact) mass is 586 g/mol. The molecule has 0 saturated carbocycles. The second-order valence-electron chi connectivity index (χ2n) is 7.13. The highest BCUT2D eigenvalue weighted by Gasteiger charge is 1.93. The van der Waals surface area contributed by atoms with Gasteiger partial charge in [0.05, 0.1) is 39.1 Å². The fraction of sp³-hybridized carbons (Fsp3) is 0.741. The lowest BCUT2D eigenvalue weighted by atomic mass is 10.4. The van der Waals surface area contributed by atoms with Crippen LogP contribution in [0.2, 0.25) is 0 Å². The van der Waals surface area contributed by atoms with Gasteiger partial charge in [0.15, 0.2) is 0 Å². The van der Waals surface area contributed by atoms with E-state index in [1.165, 1.54) is 27.9 Å². The number of hydrogen-bond acceptors (Lipinski definition) is 13. The Morgan fingerprint density at radius 2 is 1.07 bits per heavy atom. The summed E-state index contributed by atoms with van der Waals surface area (Å²) in [5.41, 5.74) is 0. The summed E-state index contributed by atoms with van der Waals surface area (Å²) < 4.78 is 25.9. The van der Waals surface area contributed by atoms with Crippen LogP contribution in [0.15, 0.2) is 0 Å². The van der Waals surface area contributed by atoms with Crippen molar-refractivity contribution in [1.29, 1.82) is 0 Å². The summed E-state index contributed by atoms with van der Waals surface area (Å²) in [7, 11) is 1.35. The average molecular weight is 587 g/mol. The summed E-state index contributed by atoms with van der Waals surface area (Å²) in [5, 5.41) is 0. The van der Waals surface area contributed by atoms with Crippen molar-refractivity contribution in [2.24, 2.45) is 0 Å². The first-order valence-corrected chi connectivity index (χ1v) is 12.6. The lowest BCUT2D eigenvalue weighted by Gasteiger charge is -2.01. The Labute approximate surface area is 240 Å². The van der Waals surface area contributed by atoms with E-state index in [1.54, 1.807) is 34.6 Å². The molecule has 0 fully saturated rings. The molecule has 0 N–H and O–H groups in total. The van der Waals surface area contributed by atoms with Crippen LogP contribution in [0.5, 0.6) is 0 Å². The van der Waals surface area contributed by atoms with Gasteiger partial charge in [0.1, 0.15) is 5.78 Å². The third-order valence-corrected chi connectivity index (χ3v) is 2.49. The lowest BCUT2D eigenvalue weighted by Crippen LogP contribution is -2.06. The molecule has 0 aliphatic carbocycles. The Hall–Kier alpha value is -3.51. The van der Waals surface area contributed by atoms with Crippen molar-refractivity contribution in [2.75, 3.05) is 26.9 Å². The Morgan fingerprint density at radius 1 is 0.650 bits per heavy atom. The van der Waals surface area contributed by atoms with E-state index in [-0.39, 0.29) is 35.9 Å². The van der Waals surface area contributed by atoms with Crippen molar-refractivity contribution >= 4 is 43.1 Å². The molecule has 0 rings (SSSR count). The maximum absolute atomic E-state index is 10.0. The topological polar surface area (TPSA) is 175 Å². The number of esters is 3. The minimum atomic E-state index is -0.245. The summed E-state index contributed by atoms with van der Waals surface area (Å²) in [5.74, 6) is -0.414. The number of carbonyl (C=O) groups is 7. The summed E-state index contributed by atoms with van der Waals surface area (Å²) in [4.78, 5) is 67.2. The van der Waals surface area contributed by atoms with Crippen LogP contribution in [0.4, 0.5) is 0 Å². The van der Waals surface area contributed by atoms with Gasteiger partial charge in [-0.2, -0.15) is 0 Å². The molecule has 0 bridgehead atoms. The summed E-state index contributed by atoms with van der Waals surface area (Å²) in [6.45, 7) is 23.2. The lowest BCUT2D eigenvalue weighted by molar-refractivity contribution is -0.145. The molecule has 0 aromatic carbocycles. The predicted molar refractivity (Wildman–Crippen MR) is 150 cm³/mol. The third-order valence-electron chi connectivity index (χ3n) is 2.49. The molecule has 0 aliphatic rings. The maximum Gasteiger partial charge on any atom is 0.302 e. The van der Waals surface area contributed by atoms with E-state index in [0.717, 1.165) is 6.42 Å². The molecule has 0 heterocycles. The summed E-state index contributed by atoms with van der Waals surface area (Å²) in [6.07, 6.45) is 1.62. The summed E-state index contributed by atoms with van der Waals surface area (Å²) in [6, 6.07) is 0. The largest absolute Gasteiger partial charge is 0.469 e. The molecular weight excluding hydrogens is 532 g/mol. The van der Waals surface area contributed by atoms with Crippen LogP contribution in [0.1, 0.15) is 95.9 Å². The van der Waals surface area contributed by atoms with Gasteiger partial charge in [0.2, 0.25) is 0 Å². The molecule has 0 spiro atoms. The smallest absolute Gasteiger partial charge is 0.302 e. The number of Topliss-reactive ketones (excluding diaryl/α,β-unsaturated/α-hetero) is 1. The quantitative estimate of drug-likeness (QED) is 0.155. The molecule has 0 atom stereocenters. The van der Waals surface area contributed by atoms with Gasteiger partial charge < -0.3 is 33.2 Å². The Balaban J connectivity index is -0.0000000637. The van der Waals surface area contributed by atoms with E-state index in [9.17, 15) is 33.6 Å². The van der Waals surface area contributed by atoms with Gasteiger partial charge in [-0.15, -0.1) is 0 Å². The minimum Gasteiger partial charge on any atom is -0.469 e. The van der Waals surface area contributed by atoms with Crippen LogP contribution in [0.3, 0.4) is 0 Å². The molecule has 0 aliphatic heterocycles. The Kier molecular flexibility index (Phi) is 68.7. The van der Waals surface area contributed by atoms with Crippen LogP contribution in [-0.2, 0) is 62.0 Å². The van der Waals surface area contributed by atoms with Gasteiger partial charge in [0.25, 0.3) is 19.4 Å². The fourth-order valence-corrected chi connectivity index (χ4v) is 0.880. The third kappa shape index (κ3) is 161. The highest BCUT2D eigenvalue weighted by atomic mass is 16.5. The molecule has 0 radical (unpaired) electrons. The zero-order chi connectivity index (χ0) is 33.4. The second-order valence-corrected chi connectivity index (χ2v) is 7.13. The van der Waals surface area contributed by atoms with Crippen molar-refractivity contribution < 1.29 is 62.0 Å². The van der Waals surface area contributed by atoms with E-state index in [4.69, 9.17) is 0 Å². The minimum absolute atomic E-state index is 0.0255. The van der Waals surface area contributed by atoms with Crippen LogP contribution >= 0.6 is 0 Å². The van der Waals surface area contributed by atoms with Crippen LogP contribution < -0.4 is 0 Å². The van der Waals surface area contributed by atoms with Gasteiger partial charge in [-0.05, 0) is 54.9 Å². The normalized spacial score (nSPS) is 7.78. The van der Waals surface area contributed by atoms with Crippen molar-refractivity contribution in [2.45, 2.75) is 108 Å². The first-order chi connectivity index (χ1) is 18.5. The van der Waals surface area contributed by atoms with Crippen LogP contribution in [0.25, 0.3) is 0 Å². The Morgan fingerprint density at radius 3 is 1.10 bits per heavy atom. The standard InChI is InChI=1S/C5H10O2.3C4H8O2.C4H8O.2C3H6O2/c1-4(2)7-5(3)6;1-4(2)6-3-5;1-3-6-4(2)5;1-2-3-6-4-5;1-3-4(2)5;1-3(4)5-2;1-2-5-3-4/h4H,1-3H3;3-4H,1-2H3;3H2,1-2H3;4H,2-3H2,1H3;3H2,1-2H3;1-2H3;3H,2H2,1H3. The van der Waals surface area contributed by atoms with Crippen molar-refractivity contribution in [1.82, 2.24) is 0 Å². The van der Waals surface area contributed by atoms with Crippen LogP contribution in [-0.4, -0.2) is 82.2 Å². The molecule has 240 valence electrons. The number of rotatable bonds is 10. The van der Waals surface area contributed by atoms with Gasteiger partial charge in [0, 0.05) is 27.2 Å². The highest BCUT2D eigenvalue weighted by Crippen LogP contribution is 1.85. The highest BCUT2D eigenvalue weighted by molar-refractivity contribution is 5.74. The van der Waals surface area contributed by atoms with Crippen molar-refractivity contribution in [3.63, 3.8) is 0 Å². The molecule has 0 aromatic rings. The first kappa shape index (κ1) is 52.8. The number of methoxy groups -OCH3 is 1. The number of ether oxygens (including phenoxy) is 6. The average Bonchev–Trinajstić information content (AvgIpc) is 2.84. The fourth-order valence-electron chi connectivity index (χ4n) is 0.880. The first-order valence-electron chi connectivity index (χ1n) is 12.6.